The Bertz CT molecular complexity index is 2250. The molecule has 13 nitrogen and oxygen atoms in total. The smallest absolute Gasteiger partial charge is 0.250 e. The van der Waals surface area contributed by atoms with E-state index in [9.17, 15) is 24.0 Å². The Balaban J connectivity index is 0.805. The number of amides is 5. The highest BCUT2D eigenvalue weighted by Gasteiger charge is 2.42. The molecule has 5 fully saturated rings. The van der Waals surface area contributed by atoms with Crippen molar-refractivity contribution >= 4 is 35.2 Å². The maximum atomic E-state index is 15.9. The number of hydrogen-bond donors (Lipinski definition) is 4. The zero-order valence-electron chi connectivity index (χ0n) is 34.2. The molecule has 2 saturated carbocycles. The summed E-state index contributed by atoms with van der Waals surface area (Å²) in [5.74, 6) is -0.680. The van der Waals surface area contributed by atoms with Gasteiger partial charge >= 0.3 is 0 Å². The molecule has 3 saturated heterocycles. The van der Waals surface area contributed by atoms with Gasteiger partial charge in [0.15, 0.2) is 0 Å². The van der Waals surface area contributed by atoms with E-state index in [1.165, 1.54) is 6.07 Å². The molecule has 3 aromatic carbocycles. The molecule has 2 aliphatic carbocycles. The van der Waals surface area contributed by atoms with Gasteiger partial charge in [-0.05, 0) is 87.5 Å². The molecule has 4 aromatic rings. The van der Waals surface area contributed by atoms with Gasteiger partial charge < -0.3 is 35.6 Å². The minimum absolute atomic E-state index is 0.0332. The number of nitrogens with zero attached hydrogens (tertiary/aromatic N) is 4. The van der Waals surface area contributed by atoms with Crippen LogP contribution in [0.2, 0.25) is 0 Å². The van der Waals surface area contributed by atoms with Gasteiger partial charge in [0.1, 0.15) is 29.8 Å². The number of benzene rings is 3. The van der Waals surface area contributed by atoms with Crippen molar-refractivity contribution in [2.24, 2.45) is 11.8 Å². The van der Waals surface area contributed by atoms with Gasteiger partial charge in [-0.3, -0.25) is 24.0 Å². The third-order valence-corrected chi connectivity index (χ3v) is 13.0. The number of piperidine rings is 1. The minimum atomic E-state index is -0.845. The van der Waals surface area contributed by atoms with E-state index < -0.39 is 18.1 Å². The van der Waals surface area contributed by atoms with Crippen molar-refractivity contribution in [3.63, 3.8) is 0 Å². The Labute approximate surface area is 354 Å². The van der Waals surface area contributed by atoms with Crippen LogP contribution in [-0.4, -0.2) is 87.6 Å². The second-order valence-corrected chi connectivity index (χ2v) is 17.3. The highest BCUT2D eigenvalue weighted by atomic mass is 19.1. The third kappa shape index (κ3) is 8.89. The summed E-state index contributed by atoms with van der Waals surface area (Å²) < 4.78 is 15.9. The molecular formula is C47H53FN8O5. The van der Waals surface area contributed by atoms with Crippen LogP contribution in [0.3, 0.4) is 0 Å². The van der Waals surface area contributed by atoms with Crippen LogP contribution in [0.1, 0.15) is 99.3 Å². The molecule has 318 valence electrons. The lowest BCUT2D eigenvalue weighted by Crippen LogP contribution is -2.53. The van der Waals surface area contributed by atoms with Crippen LogP contribution in [0, 0.1) is 17.7 Å². The normalized spacial score (nSPS) is 21.5. The largest absolute Gasteiger partial charge is 0.369 e. The summed E-state index contributed by atoms with van der Waals surface area (Å²) in [5, 5.41) is 9.15. The summed E-state index contributed by atoms with van der Waals surface area (Å²) in [6.07, 6.45) is 9.01. The van der Waals surface area contributed by atoms with Crippen LogP contribution in [0.15, 0.2) is 85.1 Å². The number of hydrogen-bond acceptors (Lipinski definition) is 7. The lowest BCUT2D eigenvalue weighted by atomic mass is 10.0. The van der Waals surface area contributed by atoms with Gasteiger partial charge in [0.2, 0.25) is 29.5 Å². The van der Waals surface area contributed by atoms with E-state index in [4.69, 9.17) is 0 Å². The van der Waals surface area contributed by atoms with Crippen molar-refractivity contribution in [2.45, 2.75) is 94.4 Å². The van der Waals surface area contributed by atoms with E-state index in [2.05, 4.69) is 25.9 Å². The number of H-pyrrole nitrogens is 1. The minimum Gasteiger partial charge on any atom is -0.369 e. The number of anilines is 1. The molecule has 14 heteroatoms. The highest BCUT2D eigenvalue weighted by Crippen LogP contribution is 2.36. The molecule has 4 unspecified atom stereocenters. The number of aromatic nitrogens is 2. The molecule has 61 heavy (non-hydrogen) atoms. The molecule has 5 aliphatic rings. The van der Waals surface area contributed by atoms with Crippen molar-refractivity contribution in [3.8, 4) is 11.3 Å². The molecular weight excluding hydrogens is 776 g/mol. The Hall–Kier alpha value is -6.05. The van der Waals surface area contributed by atoms with Gasteiger partial charge in [-0.1, -0.05) is 66.7 Å². The van der Waals surface area contributed by atoms with Crippen LogP contribution < -0.4 is 20.9 Å². The quantitative estimate of drug-likeness (QED) is 0.139. The van der Waals surface area contributed by atoms with Crippen molar-refractivity contribution < 1.29 is 28.4 Å². The van der Waals surface area contributed by atoms with E-state index in [0.29, 0.717) is 86.6 Å². The van der Waals surface area contributed by atoms with Gasteiger partial charge in [-0.25, -0.2) is 9.37 Å². The Morgan fingerprint density at radius 1 is 0.656 bits per heavy atom. The first kappa shape index (κ1) is 40.4. The van der Waals surface area contributed by atoms with Crippen LogP contribution >= 0.6 is 0 Å². The van der Waals surface area contributed by atoms with E-state index in [-0.39, 0.29) is 59.3 Å². The van der Waals surface area contributed by atoms with Gasteiger partial charge in [0.25, 0.3) is 0 Å². The average molecular weight is 829 g/mol. The van der Waals surface area contributed by atoms with E-state index in [0.717, 1.165) is 37.7 Å². The fraction of sp³-hybridized carbons (Fsp3) is 0.447. The molecule has 4 N–H and O–H groups in total. The topological polar surface area (TPSA) is 160 Å². The number of likely N-dealkylation sites (tertiary alicyclic amines) is 2. The monoisotopic (exact) mass is 828 g/mol. The zero-order chi connectivity index (χ0) is 42.0. The summed E-state index contributed by atoms with van der Waals surface area (Å²) in [6, 6.07) is 21.0. The first-order chi connectivity index (χ1) is 29.7. The standard InChI is InChI=1S/C47H53FN8O5/c48-35-27-33(36-28-49-42(51-36)38-13-7-23-55(38)46(60)40(29-9-3-1-4-10-29)52-43(57)31-15-16-31)19-20-37(35)54-25-21-34(22-26-54)50-45(59)39-14-8-24-56(39)47(61)41(30-11-5-2-6-12-30)53-44(58)32-17-18-32/h1-6,9-12,19-20,27-28,31-32,34,38-41H,7-8,13-18,21-26H2,(H,49,51)(H,50,59)(H,52,57)(H,53,58). The number of nitrogens with one attached hydrogen (secondary N) is 4. The van der Waals surface area contributed by atoms with Crippen LogP contribution in [0.5, 0.6) is 0 Å². The molecule has 4 heterocycles. The molecule has 1 aromatic heterocycles. The van der Waals surface area contributed by atoms with E-state index in [1.54, 1.807) is 22.1 Å². The van der Waals surface area contributed by atoms with Crippen molar-refractivity contribution in [2.75, 3.05) is 31.1 Å². The number of rotatable bonds is 13. The summed E-state index contributed by atoms with van der Waals surface area (Å²) >= 11 is 0. The maximum absolute atomic E-state index is 15.9. The second kappa shape index (κ2) is 17.5. The summed E-state index contributed by atoms with van der Waals surface area (Å²) in [5.41, 5.74) is 3.19. The van der Waals surface area contributed by atoms with Crippen LogP contribution in [0.4, 0.5) is 10.1 Å². The van der Waals surface area contributed by atoms with Crippen LogP contribution in [0.25, 0.3) is 11.3 Å². The highest BCUT2D eigenvalue weighted by molar-refractivity contribution is 5.94. The molecule has 0 spiro atoms. The predicted molar refractivity (Wildman–Crippen MR) is 226 cm³/mol. The molecule has 0 radical (unpaired) electrons. The number of halogens is 1. The van der Waals surface area contributed by atoms with Gasteiger partial charge in [0, 0.05) is 49.6 Å². The number of aromatic amines is 1. The fourth-order valence-electron chi connectivity index (χ4n) is 9.17. The van der Waals surface area contributed by atoms with Gasteiger partial charge in [-0.2, -0.15) is 0 Å². The van der Waals surface area contributed by atoms with Gasteiger partial charge in [0.05, 0.1) is 23.6 Å². The first-order valence-electron chi connectivity index (χ1n) is 21.9. The van der Waals surface area contributed by atoms with E-state index in [1.807, 2.05) is 71.6 Å². The lowest BCUT2D eigenvalue weighted by molar-refractivity contribution is -0.142. The number of carbonyl (C=O) groups is 5. The SMILES string of the molecule is O=C(NC(C(=O)N1CCCC1C(=O)NC1CCN(c2ccc(-c3cnc(C4CCCN4C(=O)C(NC(=O)C4CC4)c4ccccc4)[nH]3)cc2F)CC1)c1ccccc1)C1CC1. The molecule has 3 aliphatic heterocycles. The third-order valence-electron chi connectivity index (χ3n) is 13.0. The number of imidazole rings is 1. The van der Waals surface area contributed by atoms with Gasteiger partial charge in [-0.15, -0.1) is 0 Å². The molecule has 4 atom stereocenters. The Kier molecular flexibility index (Phi) is 11.6. The summed E-state index contributed by atoms with van der Waals surface area (Å²) in [4.78, 5) is 80.7. The van der Waals surface area contributed by atoms with Crippen molar-refractivity contribution in [3.05, 3.63) is 108 Å². The zero-order valence-corrected chi connectivity index (χ0v) is 34.2. The van der Waals surface area contributed by atoms with Crippen molar-refractivity contribution in [1.82, 2.24) is 35.7 Å². The second-order valence-electron chi connectivity index (χ2n) is 17.3. The summed E-state index contributed by atoms with van der Waals surface area (Å²) in [7, 11) is 0. The lowest BCUT2D eigenvalue weighted by Gasteiger charge is -2.35. The predicted octanol–water partition coefficient (Wildman–Crippen LogP) is 5.49. The average Bonchev–Trinajstić information content (AvgIpc) is 4.16. The first-order valence-corrected chi connectivity index (χ1v) is 21.9. The fourth-order valence-corrected chi connectivity index (χ4v) is 9.17. The molecule has 9 rings (SSSR count). The summed E-state index contributed by atoms with van der Waals surface area (Å²) in [6.45, 7) is 2.08. The molecule has 5 amide bonds. The van der Waals surface area contributed by atoms with E-state index >= 15 is 4.39 Å². The number of carbonyl (C=O) groups excluding carboxylic acids is 5. The van der Waals surface area contributed by atoms with Crippen molar-refractivity contribution in [1.29, 1.82) is 0 Å². The molecule has 0 bridgehead atoms. The Morgan fingerprint density at radius 2 is 1.23 bits per heavy atom. The maximum Gasteiger partial charge on any atom is 0.250 e. The van der Waals surface area contributed by atoms with Crippen LogP contribution in [-0.2, 0) is 24.0 Å². The Morgan fingerprint density at radius 3 is 1.82 bits per heavy atom.